The van der Waals surface area contributed by atoms with E-state index >= 15 is 0 Å². The van der Waals surface area contributed by atoms with E-state index in [1.54, 1.807) is 30.3 Å². The summed E-state index contributed by atoms with van der Waals surface area (Å²) in [6.45, 7) is 0. The summed E-state index contributed by atoms with van der Waals surface area (Å²) in [7, 11) is 0. The highest BCUT2D eigenvalue weighted by atomic mass is 19.4. The SMILES string of the molecule is O=C(N/N=C\c1ccccc1)c1cnn(-c2ccc([N+](=O)[O-])cc2)c1C(F)(F)F. The van der Waals surface area contributed by atoms with Crippen molar-refractivity contribution in [1.82, 2.24) is 15.2 Å². The minimum Gasteiger partial charge on any atom is -0.267 e. The van der Waals surface area contributed by atoms with Crippen LogP contribution in [0.3, 0.4) is 0 Å². The lowest BCUT2D eigenvalue weighted by molar-refractivity contribution is -0.384. The van der Waals surface area contributed by atoms with Gasteiger partial charge in [-0.3, -0.25) is 14.9 Å². The van der Waals surface area contributed by atoms with Crippen LogP contribution in [0.5, 0.6) is 0 Å². The van der Waals surface area contributed by atoms with Gasteiger partial charge in [-0.25, -0.2) is 10.1 Å². The highest BCUT2D eigenvalue weighted by molar-refractivity contribution is 5.96. The molecule has 148 valence electrons. The van der Waals surface area contributed by atoms with Crippen LogP contribution in [0, 0.1) is 10.1 Å². The molecule has 0 saturated heterocycles. The molecule has 0 bridgehead atoms. The van der Waals surface area contributed by atoms with Crippen LogP contribution in [0.25, 0.3) is 5.69 Å². The molecule has 2 aromatic carbocycles. The number of nitro groups is 1. The van der Waals surface area contributed by atoms with Crippen LogP contribution in [0.15, 0.2) is 65.9 Å². The van der Waals surface area contributed by atoms with Crippen LogP contribution >= 0.6 is 0 Å². The Morgan fingerprint density at radius 3 is 2.38 bits per heavy atom. The summed E-state index contributed by atoms with van der Waals surface area (Å²) >= 11 is 0. The third kappa shape index (κ3) is 4.46. The van der Waals surface area contributed by atoms with E-state index in [-0.39, 0.29) is 11.4 Å². The Hall–Kier alpha value is -4.02. The molecule has 1 aromatic heterocycles. The topological polar surface area (TPSA) is 102 Å². The zero-order chi connectivity index (χ0) is 21.0. The number of hydrazone groups is 1. The molecule has 0 atom stereocenters. The summed E-state index contributed by atoms with van der Waals surface area (Å²) in [6, 6.07) is 12.9. The number of aromatic nitrogens is 2. The van der Waals surface area contributed by atoms with Crippen LogP contribution in [0.4, 0.5) is 18.9 Å². The molecule has 3 aromatic rings. The number of halogens is 3. The smallest absolute Gasteiger partial charge is 0.267 e. The van der Waals surface area contributed by atoms with Gasteiger partial charge in [0.05, 0.1) is 28.6 Å². The highest BCUT2D eigenvalue weighted by Gasteiger charge is 2.40. The Bertz CT molecular complexity index is 1060. The zero-order valence-electron chi connectivity index (χ0n) is 14.5. The van der Waals surface area contributed by atoms with E-state index in [1.807, 2.05) is 5.43 Å². The zero-order valence-corrected chi connectivity index (χ0v) is 14.5. The molecular weight excluding hydrogens is 391 g/mol. The van der Waals surface area contributed by atoms with Crippen LogP contribution in [0.2, 0.25) is 0 Å². The van der Waals surface area contributed by atoms with E-state index in [0.717, 1.165) is 30.5 Å². The molecule has 1 amide bonds. The molecule has 0 unspecified atom stereocenters. The first-order valence-electron chi connectivity index (χ1n) is 8.06. The van der Waals surface area contributed by atoms with Crippen molar-refractivity contribution in [2.45, 2.75) is 6.18 Å². The number of rotatable bonds is 5. The lowest BCUT2D eigenvalue weighted by Crippen LogP contribution is -2.23. The predicted molar refractivity (Wildman–Crippen MR) is 96.7 cm³/mol. The number of nitrogens with one attached hydrogen (secondary N) is 1. The number of hydrogen-bond donors (Lipinski definition) is 1. The largest absolute Gasteiger partial charge is 0.434 e. The van der Waals surface area contributed by atoms with Crippen LogP contribution in [0.1, 0.15) is 21.6 Å². The van der Waals surface area contributed by atoms with Crippen molar-refractivity contribution in [2.75, 3.05) is 0 Å². The molecule has 8 nitrogen and oxygen atoms in total. The molecule has 0 fully saturated rings. The second kappa shape index (κ2) is 7.92. The van der Waals surface area contributed by atoms with Gasteiger partial charge in [-0.1, -0.05) is 30.3 Å². The lowest BCUT2D eigenvalue weighted by Gasteiger charge is -2.12. The van der Waals surface area contributed by atoms with Crippen molar-refractivity contribution < 1.29 is 22.9 Å². The maximum atomic E-state index is 13.6. The summed E-state index contributed by atoms with van der Waals surface area (Å²) in [5.74, 6) is -1.10. The van der Waals surface area contributed by atoms with Crippen molar-refractivity contribution in [3.63, 3.8) is 0 Å². The second-order valence-electron chi connectivity index (χ2n) is 5.70. The number of nitro benzene ring substituents is 1. The fourth-order valence-electron chi connectivity index (χ4n) is 2.46. The van der Waals surface area contributed by atoms with Gasteiger partial charge >= 0.3 is 6.18 Å². The minimum absolute atomic E-state index is 0.0882. The van der Waals surface area contributed by atoms with Crippen molar-refractivity contribution in [1.29, 1.82) is 0 Å². The number of carbonyl (C=O) groups excluding carboxylic acids is 1. The summed E-state index contributed by atoms with van der Waals surface area (Å²) in [5, 5.41) is 18.0. The molecule has 0 aliphatic carbocycles. The van der Waals surface area contributed by atoms with Crippen molar-refractivity contribution in [3.8, 4) is 5.69 Å². The molecule has 29 heavy (non-hydrogen) atoms. The number of non-ortho nitro benzene ring substituents is 1. The summed E-state index contributed by atoms with van der Waals surface area (Å²) in [6.07, 6.45) is -2.86. The molecule has 0 spiro atoms. The van der Waals surface area contributed by atoms with Gasteiger partial charge in [0.1, 0.15) is 0 Å². The Morgan fingerprint density at radius 2 is 1.79 bits per heavy atom. The Kier molecular flexibility index (Phi) is 5.39. The summed E-state index contributed by atoms with van der Waals surface area (Å²) < 4.78 is 41.3. The molecule has 1 N–H and O–H groups in total. The van der Waals surface area contributed by atoms with Crippen LogP contribution < -0.4 is 5.43 Å². The standard InChI is InChI=1S/C18H12F3N5O3/c19-18(20,21)16-15(17(27)24-22-10-12-4-2-1-3-5-12)11-23-25(16)13-6-8-14(9-7-13)26(28)29/h1-11H,(H,24,27)/b22-10-. The van der Waals surface area contributed by atoms with E-state index in [9.17, 15) is 28.1 Å². The number of carbonyl (C=O) groups is 1. The minimum atomic E-state index is -4.91. The van der Waals surface area contributed by atoms with Gasteiger partial charge in [-0.2, -0.15) is 23.4 Å². The first kappa shape index (κ1) is 19.7. The third-order valence-electron chi connectivity index (χ3n) is 3.77. The third-order valence-corrected chi connectivity index (χ3v) is 3.77. The number of amides is 1. The van der Waals surface area contributed by atoms with E-state index in [4.69, 9.17) is 0 Å². The molecule has 0 radical (unpaired) electrons. The average molecular weight is 403 g/mol. The second-order valence-corrected chi connectivity index (χ2v) is 5.70. The Labute approximate surface area is 161 Å². The van der Waals surface area contributed by atoms with Gasteiger partial charge in [-0.15, -0.1) is 0 Å². The van der Waals surface area contributed by atoms with Crippen molar-refractivity contribution >= 4 is 17.8 Å². The van der Waals surface area contributed by atoms with Crippen LogP contribution in [-0.4, -0.2) is 26.8 Å². The molecule has 0 aliphatic heterocycles. The van der Waals surface area contributed by atoms with E-state index < -0.39 is 28.3 Å². The fourth-order valence-corrected chi connectivity index (χ4v) is 2.46. The lowest BCUT2D eigenvalue weighted by atomic mass is 10.2. The predicted octanol–water partition coefficient (Wildman–Crippen LogP) is 3.56. The normalized spacial score (nSPS) is 11.6. The monoisotopic (exact) mass is 403 g/mol. The average Bonchev–Trinajstić information content (AvgIpc) is 3.14. The van der Waals surface area contributed by atoms with Gasteiger partial charge in [0.2, 0.25) is 0 Å². The Morgan fingerprint density at radius 1 is 1.14 bits per heavy atom. The maximum absolute atomic E-state index is 13.6. The van der Waals surface area contributed by atoms with Gasteiger partial charge in [-0.05, 0) is 17.7 Å². The van der Waals surface area contributed by atoms with Crippen molar-refractivity contribution in [2.24, 2.45) is 5.10 Å². The summed E-state index contributed by atoms with van der Waals surface area (Å²) in [4.78, 5) is 22.3. The van der Waals surface area contributed by atoms with Gasteiger partial charge in [0.25, 0.3) is 11.6 Å². The quantitative estimate of drug-likeness (QED) is 0.400. The number of alkyl halides is 3. The van der Waals surface area contributed by atoms with E-state index in [2.05, 4.69) is 10.2 Å². The number of benzene rings is 2. The molecule has 0 aliphatic rings. The summed E-state index contributed by atoms with van der Waals surface area (Å²) in [5.41, 5.74) is 0.247. The highest BCUT2D eigenvalue weighted by Crippen LogP contribution is 2.33. The number of nitrogens with zero attached hydrogens (tertiary/aromatic N) is 4. The van der Waals surface area contributed by atoms with Gasteiger partial charge < -0.3 is 0 Å². The molecule has 11 heteroatoms. The molecule has 0 saturated carbocycles. The Balaban J connectivity index is 1.90. The van der Waals surface area contributed by atoms with E-state index in [0.29, 0.717) is 10.2 Å². The first-order valence-corrected chi connectivity index (χ1v) is 8.06. The molecule has 1 heterocycles. The maximum Gasteiger partial charge on any atom is 0.434 e. The van der Waals surface area contributed by atoms with Gasteiger partial charge in [0, 0.05) is 12.1 Å². The molecular formula is C18H12F3N5O3. The van der Waals surface area contributed by atoms with Crippen LogP contribution in [-0.2, 0) is 6.18 Å². The number of hydrogen-bond acceptors (Lipinski definition) is 5. The van der Waals surface area contributed by atoms with E-state index in [1.165, 1.54) is 6.21 Å². The van der Waals surface area contributed by atoms with Crippen molar-refractivity contribution in [3.05, 3.63) is 87.7 Å². The fraction of sp³-hybridized carbons (Fsp3) is 0.0556. The van der Waals surface area contributed by atoms with Gasteiger partial charge in [0.15, 0.2) is 5.69 Å². The first-order chi connectivity index (χ1) is 13.8. The molecule has 3 rings (SSSR count).